The highest BCUT2D eigenvalue weighted by Gasteiger charge is 2.33. The molecule has 1 saturated heterocycles. The topological polar surface area (TPSA) is 58.2 Å². The Morgan fingerprint density at radius 1 is 0.944 bits per heavy atom. The molecule has 4 nitrogen and oxygen atoms in total. The maximum atomic E-state index is 11.9. The summed E-state index contributed by atoms with van der Waals surface area (Å²) in [6, 6.07) is -0.682. The molecule has 2 atom stereocenters. The summed E-state index contributed by atoms with van der Waals surface area (Å²) in [5.74, 6) is 0.987. The molecule has 1 heterocycles. The van der Waals surface area contributed by atoms with E-state index in [0.29, 0.717) is 18.3 Å². The van der Waals surface area contributed by atoms with Gasteiger partial charge in [0, 0.05) is 0 Å². The van der Waals surface area contributed by atoms with Gasteiger partial charge in [0.25, 0.3) is 0 Å². The van der Waals surface area contributed by atoms with Crippen LogP contribution in [0.2, 0.25) is 0 Å². The number of hydrogen-bond acceptors (Lipinski definition) is 2. The van der Waals surface area contributed by atoms with Gasteiger partial charge in [0.15, 0.2) is 0 Å². The average molecular weight is 254 g/mol. The van der Waals surface area contributed by atoms with Crippen LogP contribution in [-0.2, 0) is 9.59 Å². The van der Waals surface area contributed by atoms with Crippen molar-refractivity contribution < 1.29 is 9.59 Å². The number of rotatable bonds is 6. The fraction of sp³-hybridized carbons (Fsp3) is 0.857. The lowest BCUT2D eigenvalue weighted by Crippen LogP contribution is -2.61. The van der Waals surface area contributed by atoms with E-state index in [1.54, 1.807) is 0 Å². The molecule has 4 heteroatoms. The molecule has 1 aliphatic rings. The second-order valence-corrected chi connectivity index (χ2v) is 6.08. The molecular weight excluding hydrogens is 228 g/mol. The third kappa shape index (κ3) is 4.67. The molecule has 2 N–H and O–H groups in total. The first-order valence-corrected chi connectivity index (χ1v) is 7.01. The monoisotopic (exact) mass is 254 g/mol. The standard InChI is InChI=1S/C14H26N2O2/c1-9(2)6-5-7-11-13(17)16-12(8-10(3)4)14(18)15-11/h9-12H,5-8H2,1-4H3,(H,15,18)(H,16,17)/t11-,12-/m1/s1. The van der Waals surface area contributed by atoms with Crippen molar-refractivity contribution in [3.8, 4) is 0 Å². The summed E-state index contributed by atoms with van der Waals surface area (Å²) >= 11 is 0. The van der Waals surface area contributed by atoms with Gasteiger partial charge in [0.2, 0.25) is 11.8 Å². The van der Waals surface area contributed by atoms with E-state index >= 15 is 0 Å². The predicted octanol–water partition coefficient (Wildman–Crippen LogP) is 1.84. The summed E-state index contributed by atoms with van der Waals surface area (Å²) in [6.45, 7) is 8.43. The zero-order chi connectivity index (χ0) is 13.7. The summed E-state index contributed by atoms with van der Waals surface area (Å²) in [4.78, 5) is 23.7. The average Bonchev–Trinajstić information content (AvgIpc) is 2.23. The first-order valence-electron chi connectivity index (χ1n) is 7.01. The van der Waals surface area contributed by atoms with Crippen molar-refractivity contribution in [3.63, 3.8) is 0 Å². The maximum Gasteiger partial charge on any atom is 0.243 e. The van der Waals surface area contributed by atoms with Crippen molar-refractivity contribution in [3.05, 3.63) is 0 Å². The molecule has 1 fully saturated rings. The first kappa shape index (κ1) is 15.0. The highest BCUT2D eigenvalue weighted by atomic mass is 16.2. The Morgan fingerprint density at radius 2 is 1.50 bits per heavy atom. The molecule has 0 aromatic heterocycles. The van der Waals surface area contributed by atoms with Crippen molar-refractivity contribution in [1.29, 1.82) is 0 Å². The van der Waals surface area contributed by atoms with Crippen LogP contribution >= 0.6 is 0 Å². The molecule has 0 spiro atoms. The molecule has 0 aliphatic carbocycles. The van der Waals surface area contributed by atoms with Gasteiger partial charge in [-0.05, 0) is 24.7 Å². The van der Waals surface area contributed by atoms with E-state index in [0.717, 1.165) is 19.3 Å². The normalized spacial score (nSPS) is 24.3. The van der Waals surface area contributed by atoms with Gasteiger partial charge in [-0.3, -0.25) is 9.59 Å². The number of carbonyl (C=O) groups excluding carboxylic acids is 2. The SMILES string of the molecule is CC(C)CCC[C@H]1NC(=O)[C@@H](CC(C)C)NC1=O. The van der Waals surface area contributed by atoms with Gasteiger partial charge in [0.05, 0.1) is 0 Å². The smallest absolute Gasteiger partial charge is 0.243 e. The van der Waals surface area contributed by atoms with Gasteiger partial charge in [0.1, 0.15) is 12.1 Å². The van der Waals surface area contributed by atoms with Gasteiger partial charge in [-0.15, -0.1) is 0 Å². The van der Waals surface area contributed by atoms with Crippen LogP contribution in [0.4, 0.5) is 0 Å². The summed E-state index contributed by atoms with van der Waals surface area (Å²) in [5, 5.41) is 5.68. The van der Waals surface area contributed by atoms with Crippen molar-refractivity contribution in [1.82, 2.24) is 10.6 Å². The molecule has 0 aromatic rings. The lowest BCUT2D eigenvalue weighted by molar-refractivity contribution is -0.137. The predicted molar refractivity (Wildman–Crippen MR) is 72.0 cm³/mol. The van der Waals surface area contributed by atoms with Crippen LogP contribution in [0.25, 0.3) is 0 Å². The Hall–Kier alpha value is -1.06. The molecule has 0 saturated carbocycles. The molecule has 2 amide bonds. The Labute approximate surface area is 110 Å². The van der Waals surface area contributed by atoms with Crippen molar-refractivity contribution in [2.24, 2.45) is 11.8 Å². The van der Waals surface area contributed by atoms with Gasteiger partial charge >= 0.3 is 0 Å². The van der Waals surface area contributed by atoms with Gasteiger partial charge in [-0.2, -0.15) is 0 Å². The molecule has 104 valence electrons. The van der Waals surface area contributed by atoms with E-state index in [4.69, 9.17) is 0 Å². The maximum absolute atomic E-state index is 11.9. The summed E-state index contributed by atoms with van der Waals surface area (Å²) < 4.78 is 0. The second-order valence-electron chi connectivity index (χ2n) is 6.08. The quantitative estimate of drug-likeness (QED) is 0.760. The Morgan fingerprint density at radius 3 is 2.06 bits per heavy atom. The van der Waals surface area contributed by atoms with Crippen LogP contribution < -0.4 is 10.6 Å². The van der Waals surface area contributed by atoms with E-state index in [-0.39, 0.29) is 23.9 Å². The molecule has 0 unspecified atom stereocenters. The highest BCUT2D eigenvalue weighted by molar-refractivity contribution is 5.96. The Balaban J connectivity index is 2.42. The van der Waals surface area contributed by atoms with Crippen LogP contribution in [0.1, 0.15) is 53.4 Å². The van der Waals surface area contributed by atoms with Crippen LogP contribution in [-0.4, -0.2) is 23.9 Å². The zero-order valence-corrected chi connectivity index (χ0v) is 12.0. The number of carbonyl (C=O) groups is 2. The molecule has 0 radical (unpaired) electrons. The molecule has 0 bridgehead atoms. The third-order valence-electron chi connectivity index (χ3n) is 3.25. The van der Waals surface area contributed by atoms with Crippen LogP contribution in [0.5, 0.6) is 0 Å². The minimum atomic E-state index is -0.348. The number of amides is 2. The van der Waals surface area contributed by atoms with E-state index < -0.39 is 0 Å². The van der Waals surface area contributed by atoms with Gasteiger partial charge < -0.3 is 10.6 Å². The fourth-order valence-electron chi connectivity index (χ4n) is 2.25. The second kappa shape index (κ2) is 6.76. The summed E-state index contributed by atoms with van der Waals surface area (Å²) in [6.07, 6.45) is 3.51. The molecule has 18 heavy (non-hydrogen) atoms. The largest absolute Gasteiger partial charge is 0.343 e. The van der Waals surface area contributed by atoms with Crippen molar-refractivity contribution >= 4 is 11.8 Å². The van der Waals surface area contributed by atoms with Crippen LogP contribution in [0, 0.1) is 11.8 Å². The molecule has 0 aromatic carbocycles. The minimum absolute atomic E-state index is 0.0241. The lowest BCUT2D eigenvalue weighted by atomic mass is 9.97. The van der Waals surface area contributed by atoms with Crippen molar-refractivity contribution in [2.45, 2.75) is 65.5 Å². The van der Waals surface area contributed by atoms with E-state index in [1.807, 2.05) is 13.8 Å². The summed E-state index contributed by atoms with van der Waals surface area (Å²) in [5.41, 5.74) is 0. The number of piperazine rings is 1. The first-order chi connectivity index (χ1) is 8.40. The zero-order valence-electron chi connectivity index (χ0n) is 12.0. The third-order valence-corrected chi connectivity index (χ3v) is 3.25. The number of nitrogens with one attached hydrogen (secondary N) is 2. The Kier molecular flexibility index (Phi) is 5.63. The van der Waals surface area contributed by atoms with E-state index in [1.165, 1.54) is 0 Å². The Bertz CT molecular complexity index is 300. The number of hydrogen-bond donors (Lipinski definition) is 2. The van der Waals surface area contributed by atoms with Gasteiger partial charge in [-0.25, -0.2) is 0 Å². The highest BCUT2D eigenvalue weighted by Crippen LogP contribution is 2.13. The molecule has 1 aliphatic heterocycles. The van der Waals surface area contributed by atoms with E-state index in [9.17, 15) is 9.59 Å². The molecular formula is C14H26N2O2. The van der Waals surface area contributed by atoms with Crippen molar-refractivity contribution in [2.75, 3.05) is 0 Å². The summed E-state index contributed by atoms with van der Waals surface area (Å²) in [7, 11) is 0. The lowest BCUT2D eigenvalue weighted by Gasteiger charge is -2.30. The van der Waals surface area contributed by atoms with Crippen LogP contribution in [0.15, 0.2) is 0 Å². The molecule has 1 rings (SSSR count). The van der Waals surface area contributed by atoms with Gasteiger partial charge in [-0.1, -0.05) is 40.5 Å². The van der Waals surface area contributed by atoms with Crippen LogP contribution in [0.3, 0.4) is 0 Å². The van der Waals surface area contributed by atoms with E-state index in [2.05, 4.69) is 24.5 Å². The minimum Gasteiger partial charge on any atom is -0.343 e. The fourth-order valence-corrected chi connectivity index (χ4v) is 2.25.